The lowest BCUT2D eigenvalue weighted by Crippen LogP contribution is -2.27. The summed E-state index contributed by atoms with van der Waals surface area (Å²) in [5.74, 6) is 1.08. The van der Waals surface area contributed by atoms with Crippen molar-refractivity contribution < 1.29 is 14.3 Å². The molecule has 0 bridgehead atoms. The number of rotatable bonds is 3. The summed E-state index contributed by atoms with van der Waals surface area (Å²) in [6.07, 6.45) is 2.20. The number of ether oxygens (including phenoxy) is 2. The zero-order valence-electron chi connectivity index (χ0n) is 15.1. The molecule has 0 unspecified atom stereocenters. The molecule has 1 atom stereocenters. The molecule has 4 nitrogen and oxygen atoms in total. The zero-order valence-corrected chi connectivity index (χ0v) is 16.6. The smallest absolute Gasteiger partial charge is 0.162 e. The number of allylic oxidation sites excluding steroid dienone is 2. The summed E-state index contributed by atoms with van der Waals surface area (Å²) in [7, 11) is 3.20. The fourth-order valence-electron chi connectivity index (χ4n) is 3.95. The molecule has 0 saturated heterocycles. The maximum Gasteiger partial charge on any atom is 0.162 e. The van der Waals surface area contributed by atoms with Gasteiger partial charge in [0.05, 0.1) is 24.3 Å². The Morgan fingerprint density at radius 1 is 1.04 bits per heavy atom. The summed E-state index contributed by atoms with van der Waals surface area (Å²) < 4.78 is 10.9. The number of nitrogens with one attached hydrogen (secondary N) is 1. The Labute approximate surface area is 168 Å². The molecular weight excluding hydrogens is 385 g/mol. The number of methoxy groups -OCH3 is 2. The number of fused-ring (bicyclic) bond motifs is 1. The van der Waals surface area contributed by atoms with Crippen molar-refractivity contribution in [2.45, 2.75) is 25.2 Å². The molecule has 1 N–H and O–H groups in total. The Balaban J connectivity index is 2.00. The van der Waals surface area contributed by atoms with Crippen molar-refractivity contribution in [2.75, 3.05) is 19.5 Å². The standard InChI is InChI=1S/C21H19Cl2NO3/c1-26-17-9-12-15(10-18(17)27-2)24-14-7-4-8-16(25)20(14)19(12)11-5-3-6-13(22)21(11)23/h3,5-6,9-10,19,24H,4,7-8H2,1-2H3/t19-/m0/s1. The van der Waals surface area contributed by atoms with Crippen LogP contribution in [0.2, 0.25) is 10.0 Å². The van der Waals surface area contributed by atoms with Gasteiger partial charge >= 0.3 is 0 Å². The van der Waals surface area contributed by atoms with Gasteiger partial charge in [-0.1, -0.05) is 35.3 Å². The highest BCUT2D eigenvalue weighted by atomic mass is 35.5. The summed E-state index contributed by atoms with van der Waals surface area (Å²) >= 11 is 12.8. The van der Waals surface area contributed by atoms with Crippen molar-refractivity contribution in [2.24, 2.45) is 0 Å². The summed E-state index contributed by atoms with van der Waals surface area (Å²) in [4.78, 5) is 12.9. The number of carbonyl (C=O) groups is 1. The van der Waals surface area contributed by atoms with Crippen LogP contribution in [0.5, 0.6) is 11.5 Å². The van der Waals surface area contributed by atoms with Gasteiger partial charge in [-0.25, -0.2) is 0 Å². The molecule has 0 saturated carbocycles. The molecule has 2 aliphatic rings. The number of anilines is 1. The molecule has 1 aliphatic heterocycles. The molecule has 0 aromatic heterocycles. The molecule has 2 aromatic carbocycles. The Kier molecular flexibility index (Phi) is 4.79. The van der Waals surface area contributed by atoms with Crippen LogP contribution in [-0.2, 0) is 4.79 Å². The number of hydrogen-bond donors (Lipinski definition) is 1. The lowest BCUT2D eigenvalue weighted by atomic mass is 9.75. The molecule has 0 fully saturated rings. The maximum atomic E-state index is 12.9. The molecule has 0 amide bonds. The predicted molar refractivity (Wildman–Crippen MR) is 107 cm³/mol. The van der Waals surface area contributed by atoms with Gasteiger partial charge < -0.3 is 14.8 Å². The van der Waals surface area contributed by atoms with Gasteiger partial charge in [-0.05, 0) is 36.1 Å². The molecule has 1 heterocycles. The Bertz CT molecular complexity index is 968. The molecule has 140 valence electrons. The third kappa shape index (κ3) is 2.97. The number of carbonyl (C=O) groups excluding carboxylic acids is 1. The van der Waals surface area contributed by atoms with E-state index in [2.05, 4.69) is 5.32 Å². The zero-order chi connectivity index (χ0) is 19.1. The Morgan fingerprint density at radius 3 is 2.52 bits per heavy atom. The largest absolute Gasteiger partial charge is 0.493 e. The van der Waals surface area contributed by atoms with E-state index in [-0.39, 0.29) is 11.7 Å². The highest BCUT2D eigenvalue weighted by Crippen LogP contribution is 2.50. The Hall–Kier alpha value is -2.17. The Morgan fingerprint density at radius 2 is 1.78 bits per heavy atom. The van der Waals surface area contributed by atoms with E-state index in [1.807, 2.05) is 24.3 Å². The number of ketones is 1. The van der Waals surface area contributed by atoms with E-state index in [9.17, 15) is 4.79 Å². The minimum absolute atomic E-state index is 0.144. The lowest BCUT2D eigenvalue weighted by Gasteiger charge is -2.35. The minimum atomic E-state index is -0.296. The van der Waals surface area contributed by atoms with Crippen LogP contribution >= 0.6 is 23.2 Å². The lowest BCUT2D eigenvalue weighted by molar-refractivity contribution is -0.116. The van der Waals surface area contributed by atoms with E-state index in [0.717, 1.165) is 40.9 Å². The second kappa shape index (κ2) is 7.10. The first-order valence-electron chi connectivity index (χ1n) is 8.78. The topological polar surface area (TPSA) is 47.6 Å². The van der Waals surface area contributed by atoms with Crippen LogP contribution in [0, 0.1) is 0 Å². The second-order valence-electron chi connectivity index (χ2n) is 6.66. The van der Waals surface area contributed by atoms with E-state index in [1.54, 1.807) is 20.3 Å². The van der Waals surface area contributed by atoms with E-state index in [4.69, 9.17) is 32.7 Å². The first kappa shape index (κ1) is 18.2. The normalized spacial score (nSPS) is 18.5. The molecule has 0 spiro atoms. The number of benzene rings is 2. The molecular formula is C21H19Cl2NO3. The van der Waals surface area contributed by atoms with Crippen molar-refractivity contribution >= 4 is 34.7 Å². The predicted octanol–water partition coefficient (Wildman–Crippen LogP) is 5.58. The van der Waals surface area contributed by atoms with Crippen molar-refractivity contribution in [1.82, 2.24) is 0 Å². The van der Waals surface area contributed by atoms with Crippen molar-refractivity contribution in [3.63, 3.8) is 0 Å². The second-order valence-corrected chi connectivity index (χ2v) is 7.45. The first-order chi connectivity index (χ1) is 13.0. The summed E-state index contributed by atoms with van der Waals surface area (Å²) in [6, 6.07) is 9.36. The molecule has 27 heavy (non-hydrogen) atoms. The minimum Gasteiger partial charge on any atom is -0.493 e. The monoisotopic (exact) mass is 403 g/mol. The van der Waals surface area contributed by atoms with E-state index in [0.29, 0.717) is 28.0 Å². The molecule has 1 aliphatic carbocycles. The quantitative estimate of drug-likeness (QED) is 0.726. The van der Waals surface area contributed by atoms with E-state index >= 15 is 0 Å². The van der Waals surface area contributed by atoms with E-state index in [1.165, 1.54) is 0 Å². The first-order valence-corrected chi connectivity index (χ1v) is 9.53. The van der Waals surface area contributed by atoms with Crippen LogP contribution in [0.25, 0.3) is 0 Å². The fraction of sp³-hybridized carbons (Fsp3) is 0.286. The van der Waals surface area contributed by atoms with Gasteiger partial charge in [-0.3, -0.25) is 4.79 Å². The SMILES string of the molecule is COc1cc2c(cc1OC)[C@H](c1cccc(Cl)c1Cl)C1=C(CCCC1=O)N2. The van der Waals surface area contributed by atoms with Gasteiger partial charge in [0.25, 0.3) is 0 Å². The number of Topliss-reactive ketones (excluding diaryl/α,β-unsaturated/α-hetero) is 1. The fourth-order valence-corrected chi connectivity index (χ4v) is 4.37. The van der Waals surface area contributed by atoms with Gasteiger partial charge in [-0.2, -0.15) is 0 Å². The third-order valence-corrected chi connectivity index (χ3v) is 6.02. The average Bonchev–Trinajstić information content (AvgIpc) is 2.68. The maximum absolute atomic E-state index is 12.9. The van der Waals surface area contributed by atoms with Crippen molar-refractivity contribution in [3.05, 3.63) is 62.8 Å². The summed E-state index contributed by atoms with van der Waals surface area (Å²) in [6.45, 7) is 0. The molecule has 6 heteroatoms. The highest BCUT2D eigenvalue weighted by Gasteiger charge is 2.37. The third-order valence-electron chi connectivity index (χ3n) is 5.19. The van der Waals surface area contributed by atoms with Gasteiger partial charge in [0.15, 0.2) is 17.3 Å². The van der Waals surface area contributed by atoms with Crippen molar-refractivity contribution in [3.8, 4) is 11.5 Å². The molecule has 4 rings (SSSR count). The van der Waals surface area contributed by atoms with Crippen LogP contribution in [-0.4, -0.2) is 20.0 Å². The van der Waals surface area contributed by atoms with Gasteiger partial charge in [0.1, 0.15) is 0 Å². The van der Waals surface area contributed by atoms with Crippen LogP contribution < -0.4 is 14.8 Å². The summed E-state index contributed by atoms with van der Waals surface area (Å²) in [5.41, 5.74) is 4.35. The van der Waals surface area contributed by atoms with Crippen LogP contribution in [0.3, 0.4) is 0 Å². The van der Waals surface area contributed by atoms with Crippen LogP contribution in [0.4, 0.5) is 5.69 Å². The highest BCUT2D eigenvalue weighted by molar-refractivity contribution is 6.42. The molecule has 0 radical (unpaired) electrons. The van der Waals surface area contributed by atoms with Gasteiger partial charge in [-0.15, -0.1) is 0 Å². The van der Waals surface area contributed by atoms with Crippen molar-refractivity contribution in [1.29, 1.82) is 0 Å². The van der Waals surface area contributed by atoms with Gasteiger partial charge in [0, 0.05) is 35.4 Å². The average molecular weight is 404 g/mol. The number of halogens is 2. The van der Waals surface area contributed by atoms with Crippen LogP contribution in [0.15, 0.2) is 41.6 Å². The van der Waals surface area contributed by atoms with Gasteiger partial charge in [0.2, 0.25) is 0 Å². The molecule has 2 aromatic rings. The van der Waals surface area contributed by atoms with E-state index < -0.39 is 0 Å². The van der Waals surface area contributed by atoms with Crippen LogP contribution in [0.1, 0.15) is 36.3 Å². The summed E-state index contributed by atoms with van der Waals surface area (Å²) in [5, 5.41) is 4.38. The number of hydrogen-bond acceptors (Lipinski definition) is 4.